The fourth-order valence-corrected chi connectivity index (χ4v) is 1.84. The van der Waals surface area contributed by atoms with Gasteiger partial charge in [0.2, 0.25) is 0 Å². The van der Waals surface area contributed by atoms with Crippen LogP contribution in [0.2, 0.25) is 5.02 Å². The average Bonchev–Trinajstić information content (AvgIpc) is 2.59. The molecular formula is C12H11ClO2. The van der Waals surface area contributed by atoms with E-state index in [2.05, 4.69) is 0 Å². The summed E-state index contributed by atoms with van der Waals surface area (Å²) in [4.78, 5) is 0. The molecule has 2 rings (SSSR count). The minimum Gasteiger partial charge on any atom is -0.468 e. The molecule has 0 saturated heterocycles. The van der Waals surface area contributed by atoms with Crippen molar-refractivity contribution in [1.29, 1.82) is 0 Å². The Hall–Kier alpha value is -1.25. The van der Waals surface area contributed by atoms with Crippen molar-refractivity contribution in [3.63, 3.8) is 0 Å². The molecular weight excluding hydrogens is 212 g/mol. The van der Waals surface area contributed by atoms with E-state index in [-0.39, 0.29) is 0 Å². The summed E-state index contributed by atoms with van der Waals surface area (Å²) >= 11 is 5.94. The predicted molar refractivity (Wildman–Crippen MR) is 59.0 cm³/mol. The van der Waals surface area contributed by atoms with Crippen molar-refractivity contribution in [3.8, 4) is 0 Å². The van der Waals surface area contributed by atoms with Gasteiger partial charge < -0.3 is 9.52 Å². The second kappa shape index (κ2) is 4.09. The van der Waals surface area contributed by atoms with Crippen LogP contribution in [0.25, 0.3) is 0 Å². The maximum absolute atomic E-state index is 10.1. The first-order chi connectivity index (χ1) is 7.20. The van der Waals surface area contributed by atoms with Crippen LogP contribution >= 0.6 is 11.6 Å². The topological polar surface area (TPSA) is 33.4 Å². The third kappa shape index (κ3) is 1.91. The molecule has 0 spiro atoms. The van der Waals surface area contributed by atoms with Gasteiger partial charge >= 0.3 is 0 Å². The van der Waals surface area contributed by atoms with Gasteiger partial charge in [-0.2, -0.15) is 0 Å². The van der Waals surface area contributed by atoms with Crippen LogP contribution in [-0.2, 0) is 0 Å². The van der Waals surface area contributed by atoms with E-state index in [0.717, 1.165) is 5.56 Å². The van der Waals surface area contributed by atoms with Gasteiger partial charge in [0.15, 0.2) is 0 Å². The zero-order valence-corrected chi connectivity index (χ0v) is 9.03. The highest BCUT2D eigenvalue weighted by atomic mass is 35.5. The minimum absolute atomic E-state index is 0.462. The van der Waals surface area contributed by atoms with Crippen LogP contribution in [0.15, 0.2) is 41.0 Å². The molecule has 1 aromatic heterocycles. The normalized spacial score (nSPS) is 12.7. The molecule has 1 unspecified atom stereocenters. The lowest BCUT2D eigenvalue weighted by Crippen LogP contribution is -2.00. The van der Waals surface area contributed by atoms with E-state index in [0.29, 0.717) is 16.3 Å². The lowest BCUT2D eigenvalue weighted by molar-refractivity contribution is 0.218. The number of rotatable bonds is 2. The highest BCUT2D eigenvalue weighted by molar-refractivity contribution is 6.31. The van der Waals surface area contributed by atoms with E-state index < -0.39 is 6.10 Å². The highest BCUT2D eigenvalue weighted by Crippen LogP contribution is 2.31. The summed E-state index contributed by atoms with van der Waals surface area (Å²) in [5.74, 6) is 0.649. The Balaban J connectivity index is 2.41. The number of furan rings is 1. The van der Waals surface area contributed by atoms with E-state index in [9.17, 15) is 5.11 Å². The number of halogens is 1. The van der Waals surface area contributed by atoms with Crippen molar-refractivity contribution >= 4 is 11.6 Å². The van der Waals surface area contributed by atoms with Crippen molar-refractivity contribution < 1.29 is 9.52 Å². The monoisotopic (exact) mass is 222 g/mol. The van der Waals surface area contributed by atoms with E-state index >= 15 is 0 Å². The Morgan fingerprint density at radius 2 is 1.93 bits per heavy atom. The van der Waals surface area contributed by atoms with Crippen LogP contribution < -0.4 is 0 Å². The Labute approximate surface area is 93.1 Å². The first kappa shape index (κ1) is 10.3. The lowest BCUT2D eigenvalue weighted by Gasteiger charge is -2.10. The molecule has 0 radical (unpaired) electrons. The smallest absolute Gasteiger partial charge is 0.110 e. The van der Waals surface area contributed by atoms with Crippen LogP contribution in [0, 0.1) is 6.92 Å². The summed E-state index contributed by atoms with van der Waals surface area (Å²) in [6.45, 7) is 1.79. The van der Waals surface area contributed by atoms with Crippen molar-refractivity contribution in [2.24, 2.45) is 0 Å². The molecule has 1 aromatic carbocycles. The molecule has 0 bridgehead atoms. The van der Waals surface area contributed by atoms with Gasteiger partial charge in [-0.15, -0.1) is 0 Å². The van der Waals surface area contributed by atoms with Gasteiger partial charge in [0.1, 0.15) is 18.1 Å². The summed E-state index contributed by atoms with van der Waals surface area (Å²) < 4.78 is 5.15. The second-order valence-corrected chi connectivity index (χ2v) is 3.77. The number of aryl methyl sites for hydroxylation is 1. The third-order valence-electron chi connectivity index (χ3n) is 2.36. The summed E-state index contributed by atoms with van der Waals surface area (Å²) in [5.41, 5.74) is 1.45. The van der Waals surface area contributed by atoms with Gasteiger partial charge in [-0.3, -0.25) is 0 Å². The van der Waals surface area contributed by atoms with Crippen molar-refractivity contribution in [1.82, 2.24) is 0 Å². The molecule has 2 aromatic rings. The Morgan fingerprint density at radius 3 is 2.47 bits per heavy atom. The van der Waals surface area contributed by atoms with Crippen LogP contribution in [0.3, 0.4) is 0 Å². The van der Waals surface area contributed by atoms with Crippen LogP contribution in [0.1, 0.15) is 23.0 Å². The maximum Gasteiger partial charge on any atom is 0.110 e. The number of hydrogen-bond acceptors (Lipinski definition) is 2. The van der Waals surface area contributed by atoms with Crippen LogP contribution in [0.4, 0.5) is 0 Å². The summed E-state index contributed by atoms with van der Waals surface area (Å²) in [6.07, 6.45) is 0.718. The molecule has 2 nitrogen and oxygen atoms in total. The Morgan fingerprint density at radius 1 is 1.27 bits per heavy atom. The third-order valence-corrected chi connectivity index (χ3v) is 2.66. The van der Waals surface area contributed by atoms with E-state index in [4.69, 9.17) is 16.0 Å². The fourth-order valence-electron chi connectivity index (χ4n) is 1.56. The lowest BCUT2D eigenvalue weighted by atomic mass is 10.0. The van der Waals surface area contributed by atoms with E-state index in [1.165, 1.54) is 6.26 Å². The molecule has 1 heterocycles. The molecule has 0 amide bonds. The molecule has 1 N–H and O–H groups in total. The molecule has 78 valence electrons. The van der Waals surface area contributed by atoms with Gasteiger partial charge in [0.05, 0.1) is 5.02 Å². The number of aliphatic hydroxyl groups excluding tert-OH is 1. The van der Waals surface area contributed by atoms with E-state index in [1.807, 2.05) is 30.3 Å². The van der Waals surface area contributed by atoms with Crippen LogP contribution in [0.5, 0.6) is 0 Å². The maximum atomic E-state index is 10.1. The first-order valence-corrected chi connectivity index (χ1v) is 5.04. The molecule has 1 atom stereocenters. The molecule has 15 heavy (non-hydrogen) atoms. The summed E-state index contributed by atoms with van der Waals surface area (Å²) in [6, 6.07) is 9.37. The highest BCUT2D eigenvalue weighted by Gasteiger charge is 2.18. The van der Waals surface area contributed by atoms with Crippen molar-refractivity contribution in [2.75, 3.05) is 0 Å². The molecule has 0 aliphatic carbocycles. The number of hydrogen-bond donors (Lipinski definition) is 1. The predicted octanol–water partition coefficient (Wildman–Crippen LogP) is 3.32. The zero-order valence-electron chi connectivity index (χ0n) is 8.27. The quantitative estimate of drug-likeness (QED) is 0.846. The molecule has 3 heteroatoms. The fraction of sp³-hybridized carbons (Fsp3) is 0.167. The summed E-state index contributed by atoms with van der Waals surface area (Å²) in [7, 11) is 0. The van der Waals surface area contributed by atoms with Gasteiger partial charge in [-0.1, -0.05) is 41.9 Å². The number of aliphatic hydroxyl groups is 1. The Kier molecular flexibility index (Phi) is 2.80. The van der Waals surface area contributed by atoms with Gasteiger partial charge in [-0.25, -0.2) is 0 Å². The van der Waals surface area contributed by atoms with Crippen molar-refractivity contribution in [2.45, 2.75) is 13.0 Å². The second-order valence-electron chi connectivity index (χ2n) is 3.37. The minimum atomic E-state index is -0.725. The molecule has 0 saturated carbocycles. The number of benzene rings is 1. The van der Waals surface area contributed by atoms with Gasteiger partial charge in [0.25, 0.3) is 0 Å². The zero-order chi connectivity index (χ0) is 10.8. The van der Waals surface area contributed by atoms with Gasteiger partial charge in [0, 0.05) is 5.56 Å². The largest absolute Gasteiger partial charge is 0.468 e. The summed E-state index contributed by atoms with van der Waals surface area (Å²) in [5, 5.41) is 10.6. The SMILES string of the molecule is Cc1occ(Cl)c1C(O)c1ccccc1. The molecule has 0 aliphatic rings. The van der Waals surface area contributed by atoms with Crippen LogP contribution in [-0.4, -0.2) is 5.11 Å². The standard InChI is InChI=1S/C12H11ClO2/c1-8-11(10(13)7-15-8)12(14)9-5-3-2-4-6-9/h2-7,12,14H,1H3. The van der Waals surface area contributed by atoms with E-state index in [1.54, 1.807) is 6.92 Å². The van der Waals surface area contributed by atoms with Crippen molar-refractivity contribution in [3.05, 3.63) is 58.5 Å². The Bertz CT molecular complexity index is 428. The average molecular weight is 223 g/mol. The first-order valence-electron chi connectivity index (χ1n) is 4.66. The molecule has 0 aliphatic heterocycles. The molecule has 0 fully saturated rings. The van der Waals surface area contributed by atoms with Gasteiger partial charge in [-0.05, 0) is 12.5 Å².